The van der Waals surface area contributed by atoms with Crippen LogP contribution in [0.25, 0.3) is 0 Å². The number of nitrogens with one attached hydrogen (secondary N) is 1. The van der Waals surface area contributed by atoms with Crippen LogP contribution in [0.2, 0.25) is 0 Å². The van der Waals surface area contributed by atoms with Gasteiger partial charge in [0.1, 0.15) is 5.76 Å². The highest BCUT2D eigenvalue weighted by molar-refractivity contribution is 5.93. The number of pyridine rings is 1. The number of aromatic nitrogens is 1. The zero-order chi connectivity index (χ0) is 16.9. The number of hydrogen-bond acceptors (Lipinski definition) is 4. The van der Waals surface area contributed by atoms with Crippen molar-refractivity contribution in [3.8, 4) is 0 Å². The molecule has 0 unspecified atom stereocenters. The van der Waals surface area contributed by atoms with Gasteiger partial charge in [-0.1, -0.05) is 6.07 Å². The van der Waals surface area contributed by atoms with E-state index in [1.165, 1.54) is 0 Å². The summed E-state index contributed by atoms with van der Waals surface area (Å²) in [5.74, 6) is 1.20. The molecule has 0 spiro atoms. The second kappa shape index (κ2) is 7.62. The predicted octanol–water partition coefficient (Wildman–Crippen LogP) is 3.08. The SMILES string of the molecule is Cc1cc(C)c(C(=O)N(Cc2ccccn2)[C@H]2CCCNCC2)o1. The van der Waals surface area contributed by atoms with Gasteiger partial charge in [0.25, 0.3) is 5.91 Å². The Hall–Kier alpha value is -2.14. The lowest BCUT2D eigenvalue weighted by Crippen LogP contribution is -2.40. The molecule has 1 fully saturated rings. The molecule has 2 aromatic rings. The number of furan rings is 1. The van der Waals surface area contributed by atoms with Crippen LogP contribution in [0.1, 0.15) is 46.8 Å². The van der Waals surface area contributed by atoms with Gasteiger partial charge in [-0.25, -0.2) is 0 Å². The number of amides is 1. The number of carbonyl (C=O) groups is 1. The number of rotatable bonds is 4. The summed E-state index contributed by atoms with van der Waals surface area (Å²) < 4.78 is 5.69. The second-order valence-electron chi connectivity index (χ2n) is 6.46. The molecule has 1 aliphatic heterocycles. The number of hydrogen-bond donors (Lipinski definition) is 1. The van der Waals surface area contributed by atoms with E-state index in [-0.39, 0.29) is 11.9 Å². The largest absolute Gasteiger partial charge is 0.456 e. The van der Waals surface area contributed by atoms with Crippen molar-refractivity contribution >= 4 is 5.91 Å². The van der Waals surface area contributed by atoms with E-state index < -0.39 is 0 Å². The molecule has 128 valence electrons. The van der Waals surface area contributed by atoms with E-state index in [0.29, 0.717) is 12.3 Å². The van der Waals surface area contributed by atoms with Gasteiger partial charge in [-0.2, -0.15) is 0 Å². The van der Waals surface area contributed by atoms with Gasteiger partial charge in [-0.3, -0.25) is 9.78 Å². The molecule has 0 aliphatic carbocycles. The molecule has 0 radical (unpaired) electrons. The highest BCUT2D eigenvalue weighted by atomic mass is 16.4. The monoisotopic (exact) mass is 327 g/mol. The lowest BCUT2D eigenvalue weighted by Gasteiger charge is -2.30. The Balaban J connectivity index is 1.88. The van der Waals surface area contributed by atoms with Gasteiger partial charge in [0.05, 0.1) is 12.2 Å². The molecular formula is C19H25N3O2. The van der Waals surface area contributed by atoms with Crippen molar-refractivity contribution in [3.05, 3.63) is 53.2 Å². The van der Waals surface area contributed by atoms with E-state index in [1.54, 1.807) is 6.20 Å². The third kappa shape index (κ3) is 3.85. The standard InChI is InChI=1S/C19H25N3O2/c1-14-12-15(2)24-18(14)19(23)22(13-16-6-3-4-10-21-16)17-7-5-9-20-11-8-17/h3-4,6,10,12,17,20H,5,7-9,11,13H2,1-2H3/t17-/m0/s1. The maximum Gasteiger partial charge on any atom is 0.290 e. The van der Waals surface area contributed by atoms with Crippen LogP contribution in [0.15, 0.2) is 34.9 Å². The Bertz CT molecular complexity index is 673. The second-order valence-corrected chi connectivity index (χ2v) is 6.46. The first-order valence-corrected chi connectivity index (χ1v) is 8.64. The molecule has 1 amide bonds. The van der Waals surface area contributed by atoms with Crippen LogP contribution < -0.4 is 5.32 Å². The minimum Gasteiger partial charge on any atom is -0.456 e. The predicted molar refractivity (Wildman–Crippen MR) is 92.8 cm³/mol. The molecule has 0 saturated carbocycles. The fourth-order valence-corrected chi connectivity index (χ4v) is 3.33. The molecule has 5 nitrogen and oxygen atoms in total. The van der Waals surface area contributed by atoms with E-state index >= 15 is 0 Å². The smallest absolute Gasteiger partial charge is 0.290 e. The molecular weight excluding hydrogens is 302 g/mol. The van der Waals surface area contributed by atoms with Crippen molar-refractivity contribution in [1.82, 2.24) is 15.2 Å². The fourth-order valence-electron chi connectivity index (χ4n) is 3.33. The minimum absolute atomic E-state index is 0.0295. The molecule has 0 bridgehead atoms. The summed E-state index contributed by atoms with van der Waals surface area (Å²) in [5.41, 5.74) is 1.80. The first-order valence-electron chi connectivity index (χ1n) is 8.64. The molecule has 5 heteroatoms. The summed E-state index contributed by atoms with van der Waals surface area (Å²) in [4.78, 5) is 19.5. The van der Waals surface area contributed by atoms with Gasteiger partial charge in [-0.05, 0) is 64.4 Å². The summed E-state index contributed by atoms with van der Waals surface area (Å²) >= 11 is 0. The number of carbonyl (C=O) groups excluding carboxylic acids is 1. The molecule has 2 aromatic heterocycles. The van der Waals surface area contributed by atoms with E-state index in [1.807, 2.05) is 43.0 Å². The van der Waals surface area contributed by atoms with Crippen LogP contribution in [0.4, 0.5) is 0 Å². The summed E-state index contributed by atoms with van der Waals surface area (Å²) in [6.07, 6.45) is 4.81. The summed E-state index contributed by atoms with van der Waals surface area (Å²) in [5, 5.41) is 3.41. The Labute approximate surface area is 143 Å². The molecule has 1 N–H and O–H groups in total. The quantitative estimate of drug-likeness (QED) is 0.937. The molecule has 1 saturated heterocycles. The zero-order valence-electron chi connectivity index (χ0n) is 14.4. The van der Waals surface area contributed by atoms with E-state index in [0.717, 1.165) is 49.4 Å². The highest BCUT2D eigenvalue weighted by Gasteiger charge is 2.29. The van der Waals surface area contributed by atoms with Crippen LogP contribution in [0.5, 0.6) is 0 Å². The molecule has 3 rings (SSSR count). The average Bonchev–Trinajstić information content (AvgIpc) is 2.79. The third-order valence-electron chi connectivity index (χ3n) is 4.54. The maximum atomic E-state index is 13.2. The Morgan fingerprint density at radius 1 is 1.33 bits per heavy atom. The number of aryl methyl sites for hydroxylation is 2. The molecule has 24 heavy (non-hydrogen) atoms. The fraction of sp³-hybridized carbons (Fsp3) is 0.474. The molecule has 1 atom stereocenters. The van der Waals surface area contributed by atoms with Gasteiger partial charge in [-0.15, -0.1) is 0 Å². The van der Waals surface area contributed by atoms with Gasteiger partial charge in [0, 0.05) is 17.8 Å². The van der Waals surface area contributed by atoms with Gasteiger partial charge in [0.15, 0.2) is 5.76 Å². The molecule has 3 heterocycles. The van der Waals surface area contributed by atoms with Crippen molar-refractivity contribution in [2.24, 2.45) is 0 Å². The van der Waals surface area contributed by atoms with Crippen molar-refractivity contribution in [2.75, 3.05) is 13.1 Å². The lowest BCUT2D eigenvalue weighted by molar-refractivity contribution is 0.0607. The van der Waals surface area contributed by atoms with Crippen molar-refractivity contribution in [2.45, 2.75) is 45.7 Å². The van der Waals surface area contributed by atoms with Crippen LogP contribution in [-0.2, 0) is 6.54 Å². The normalized spacial score (nSPS) is 18.2. The third-order valence-corrected chi connectivity index (χ3v) is 4.54. The topological polar surface area (TPSA) is 58.4 Å². The van der Waals surface area contributed by atoms with Crippen molar-refractivity contribution in [1.29, 1.82) is 0 Å². The first-order chi connectivity index (χ1) is 11.6. The van der Waals surface area contributed by atoms with E-state index in [4.69, 9.17) is 4.42 Å². The Morgan fingerprint density at radius 3 is 2.92 bits per heavy atom. The highest BCUT2D eigenvalue weighted by Crippen LogP contribution is 2.22. The van der Waals surface area contributed by atoms with E-state index in [9.17, 15) is 4.79 Å². The van der Waals surface area contributed by atoms with Gasteiger partial charge < -0.3 is 14.6 Å². The van der Waals surface area contributed by atoms with Crippen molar-refractivity contribution < 1.29 is 9.21 Å². The molecule has 1 aliphatic rings. The van der Waals surface area contributed by atoms with Crippen LogP contribution in [-0.4, -0.2) is 34.9 Å². The Kier molecular flexibility index (Phi) is 5.30. The summed E-state index contributed by atoms with van der Waals surface area (Å²) in [6.45, 7) is 6.27. The minimum atomic E-state index is -0.0295. The van der Waals surface area contributed by atoms with Crippen molar-refractivity contribution in [3.63, 3.8) is 0 Å². The first kappa shape index (κ1) is 16.7. The maximum absolute atomic E-state index is 13.2. The van der Waals surface area contributed by atoms with Crippen LogP contribution in [0, 0.1) is 13.8 Å². The average molecular weight is 327 g/mol. The van der Waals surface area contributed by atoms with E-state index in [2.05, 4.69) is 10.3 Å². The van der Waals surface area contributed by atoms with Gasteiger partial charge in [0.2, 0.25) is 0 Å². The number of nitrogens with zero attached hydrogens (tertiary/aromatic N) is 2. The Morgan fingerprint density at radius 2 is 2.21 bits per heavy atom. The van der Waals surface area contributed by atoms with Crippen LogP contribution in [0.3, 0.4) is 0 Å². The zero-order valence-corrected chi connectivity index (χ0v) is 14.4. The van der Waals surface area contributed by atoms with Crippen LogP contribution >= 0.6 is 0 Å². The molecule has 0 aromatic carbocycles. The lowest BCUT2D eigenvalue weighted by atomic mass is 10.1. The van der Waals surface area contributed by atoms with Gasteiger partial charge >= 0.3 is 0 Å². The summed E-state index contributed by atoms with van der Waals surface area (Å²) in [7, 11) is 0. The summed E-state index contributed by atoms with van der Waals surface area (Å²) in [6, 6.07) is 7.95.